The van der Waals surface area contributed by atoms with Crippen LogP contribution in [-0.2, 0) is 6.54 Å². The van der Waals surface area contributed by atoms with E-state index in [2.05, 4.69) is 10.2 Å². The second kappa shape index (κ2) is 5.79. The van der Waals surface area contributed by atoms with Gasteiger partial charge in [-0.25, -0.2) is 14.7 Å². The average Bonchev–Trinajstić information content (AvgIpc) is 2.78. The van der Waals surface area contributed by atoms with Crippen molar-refractivity contribution in [1.82, 2.24) is 14.8 Å². The van der Waals surface area contributed by atoms with Crippen LogP contribution in [0.25, 0.3) is 0 Å². The van der Waals surface area contributed by atoms with Gasteiger partial charge in [-0.2, -0.15) is 0 Å². The molecule has 0 unspecified atom stereocenters. The van der Waals surface area contributed by atoms with E-state index in [1.807, 2.05) is 0 Å². The highest BCUT2D eigenvalue weighted by Gasteiger charge is 2.18. The summed E-state index contributed by atoms with van der Waals surface area (Å²) in [7, 11) is 0. The summed E-state index contributed by atoms with van der Waals surface area (Å²) in [5.41, 5.74) is -0.755. The Morgan fingerprint density at radius 2 is 2.29 bits per heavy atom. The van der Waals surface area contributed by atoms with Crippen LogP contribution in [0.2, 0.25) is 0 Å². The average molecular weight is 310 g/mol. The van der Waals surface area contributed by atoms with Gasteiger partial charge in [0.15, 0.2) is 5.16 Å². The largest absolute Gasteiger partial charge is 0.478 e. The van der Waals surface area contributed by atoms with E-state index >= 15 is 0 Å². The monoisotopic (exact) mass is 310 g/mol. The molecule has 1 heterocycles. The normalized spacial score (nSPS) is 10.5. The number of carbonyl (C=O) groups is 1. The quantitative estimate of drug-likeness (QED) is 0.629. The zero-order chi connectivity index (χ0) is 15.6. The maximum absolute atomic E-state index is 11.5. The number of rotatable bonds is 5. The van der Waals surface area contributed by atoms with Crippen LogP contribution in [0.1, 0.15) is 17.3 Å². The van der Waals surface area contributed by atoms with E-state index < -0.39 is 16.6 Å². The Labute approximate surface area is 121 Å². The molecule has 0 amide bonds. The summed E-state index contributed by atoms with van der Waals surface area (Å²) in [5.74, 6) is -1.21. The van der Waals surface area contributed by atoms with Gasteiger partial charge in [-0.3, -0.25) is 14.7 Å². The molecule has 0 bridgehead atoms. The van der Waals surface area contributed by atoms with Gasteiger partial charge in [-0.05, 0) is 24.8 Å². The number of aromatic amines is 1. The fraction of sp³-hybridized carbons (Fsp3) is 0.182. The first-order valence-electron chi connectivity index (χ1n) is 5.78. The Kier molecular flexibility index (Phi) is 4.08. The van der Waals surface area contributed by atoms with Crippen molar-refractivity contribution in [3.05, 3.63) is 44.4 Å². The summed E-state index contributed by atoms with van der Waals surface area (Å²) in [6, 6.07) is 3.42. The molecule has 1 aromatic carbocycles. The Bertz CT molecular complexity index is 766. The van der Waals surface area contributed by atoms with Crippen molar-refractivity contribution in [2.75, 3.05) is 0 Å². The third-order valence-electron chi connectivity index (χ3n) is 2.65. The zero-order valence-corrected chi connectivity index (χ0v) is 11.6. The second-order valence-corrected chi connectivity index (χ2v) is 4.91. The number of hydrogen-bond donors (Lipinski definition) is 2. The molecule has 2 rings (SSSR count). The van der Waals surface area contributed by atoms with Crippen LogP contribution in [0.15, 0.2) is 33.0 Å². The molecule has 0 fully saturated rings. The molecule has 110 valence electrons. The second-order valence-electron chi connectivity index (χ2n) is 3.90. The fourth-order valence-corrected chi connectivity index (χ4v) is 2.70. The van der Waals surface area contributed by atoms with E-state index in [9.17, 15) is 19.7 Å². The number of aromatic carboxylic acids is 1. The molecule has 0 aliphatic carbocycles. The molecule has 0 radical (unpaired) electrons. The van der Waals surface area contributed by atoms with Crippen molar-refractivity contribution >= 4 is 23.4 Å². The topological polar surface area (TPSA) is 131 Å². The Hall–Kier alpha value is -2.62. The number of benzene rings is 1. The predicted octanol–water partition coefficient (Wildman–Crippen LogP) is 1.35. The molecular weight excluding hydrogens is 300 g/mol. The molecule has 10 heteroatoms. The maximum Gasteiger partial charge on any atom is 0.343 e. The number of aromatic nitrogens is 3. The van der Waals surface area contributed by atoms with Gasteiger partial charge in [-0.1, -0.05) is 0 Å². The molecule has 0 spiro atoms. The smallest absolute Gasteiger partial charge is 0.343 e. The van der Waals surface area contributed by atoms with Crippen molar-refractivity contribution in [3.63, 3.8) is 0 Å². The zero-order valence-electron chi connectivity index (χ0n) is 10.8. The third-order valence-corrected chi connectivity index (χ3v) is 3.70. The van der Waals surface area contributed by atoms with E-state index in [1.54, 1.807) is 6.92 Å². The maximum atomic E-state index is 11.5. The molecule has 0 saturated heterocycles. The summed E-state index contributed by atoms with van der Waals surface area (Å²) in [6.07, 6.45) is 0. The van der Waals surface area contributed by atoms with Crippen LogP contribution >= 0.6 is 11.8 Å². The lowest BCUT2D eigenvalue weighted by Gasteiger charge is -2.05. The highest BCUT2D eigenvalue weighted by Crippen LogP contribution is 2.31. The minimum absolute atomic E-state index is 0.0938. The van der Waals surface area contributed by atoms with Gasteiger partial charge in [0.1, 0.15) is 0 Å². The molecule has 9 nitrogen and oxygen atoms in total. The summed E-state index contributed by atoms with van der Waals surface area (Å²) in [4.78, 5) is 32.9. The van der Waals surface area contributed by atoms with Gasteiger partial charge < -0.3 is 5.11 Å². The molecule has 1 aromatic heterocycles. The van der Waals surface area contributed by atoms with E-state index in [-0.39, 0.29) is 21.3 Å². The summed E-state index contributed by atoms with van der Waals surface area (Å²) < 4.78 is 1.30. The minimum atomic E-state index is -1.21. The first-order chi connectivity index (χ1) is 9.93. The molecule has 21 heavy (non-hydrogen) atoms. The highest BCUT2D eigenvalue weighted by atomic mass is 32.2. The number of nitrogens with one attached hydrogen (secondary N) is 1. The van der Waals surface area contributed by atoms with Crippen LogP contribution in [0.3, 0.4) is 0 Å². The van der Waals surface area contributed by atoms with Gasteiger partial charge in [0.2, 0.25) is 0 Å². The SMILES string of the molecule is CCn1c(Sc2cc([N+](=O)[O-])ccc2C(=O)O)n[nH]c1=O. The molecule has 0 aliphatic heterocycles. The van der Waals surface area contributed by atoms with Crippen molar-refractivity contribution in [2.45, 2.75) is 23.5 Å². The van der Waals surface area contributed by atoms with Crippen molar-refractivity contribution in [2.24, 2.45) is 0 Å². The molecule has 0 saturated carbocycles. The summed E-state index contributed by atoms with van der Waals surface area (Å²) >= 11 is 0.881. The minimum Gasteiger partial charge on any atom is -0.478 e. The van der Waals surface area contributed by atoms with Gasteiger partial charge in [-0.15, -0.1) is 5.10 Å². The number of nitro benzene ring substituents is 1. The number of H-pyrrole nitrogens is 1. The predicted molar refractivity (Wildman–Crippen MR) is 72.7 cm³/mol. The van der Waals surface area contributed by atoms with E-state index in [0.717, 1.165) is 30.0 Å². The van der Waals surface area contributed by atoms with Gasteiger partial charge in [0, 0.05) is 23.6 Å². The van der Waals surface area contributed by atoms with Gasteiger partial charge >= 0.3 is 11.7 Å². The van der Waals surface area contributed by atoms with E-state index in [4.69, 9.17) is 5.11 Å². The van der Waals surface area contributed by atoms with Crippen LogP contribution in [-0.4, -0.2) is 30.8 Å². The molecule has 0 aliphatic rings. The lowest BCUT2D eigenvalue weighted by Crippen LogP contribution is -2.16. The lowest BCUT2D eigenvalue weighted by atomic mass is 10.2. The Morgan fingerprint density at radius 3 is 2.86 bits per heavy atom. The van der Waals surface area contributed by atoms with Crippen LogP contribution in [0, 0.1) is 10.1 Å². The first-order valence-corrected chi connectivity index (χ1v) is 6.60. The van der Waals surface area contributed by atoms with Crippen LogP contribution < -0.4 is 5.69 Å². The van der Waals surface area contributed by atoms with E-state index in [1.165, 1.54) is 4.57 Å². The number of nitro groups is 1. The van der Waals surface area contributed by atoms with Crippen LogP contribution in [0.5, 0.6) is 0 Å². The molecule has 2 aromatic rings. The number of hydrogen-bond acceptors (Lipinski definition) is 6. The molecular formula is C11H10N4O5S. The third kappa shape index (κ3) is 2.94. The van der Waals surface area contributed by atoms with Crippen LogP contribution in [0.4, 0.5) is 5.69 Å². The van der Waals surface area contributed by atoms with Gasteiger partial charge in [0.25, 0.3) is 5.69 Å². The number of carboxylic acids is 1. The molecule has 2 N–H and O–H groups in total. The number of nitrogens with zero attached hydrogens (tertiary/aromatic N) is 3. The number of non-ortho nitro benzene ring substituents is 1. The first kappa shape index (κ1) is 14.8. The number of carboxylic acid groups (broad SMARTS) is 1. The Balaban J connectivity index is 2.50. The van der Waals surface area contributed by atoms with Crippen molar-refractivity contribution in [3.8, 4) is 0 Å². The van der Waals surface area contributed by atoms with Crippen molar-refractivity contribution < 1.29 is 14.8 Å². The lowest BCUT2D eigenvalue weighted by molar-refractivity contribution is -0.385. The Morgan fingerprint density at radius 1 is 1.57 bits per heavy atom. The summed E-state index contributed by atoms with van der Waals surface area (Å²) in [5, 5.41) is 26.2. The standard InChI is InChI=1S/C11H10N4O5S/c1-2-14-10(18)12-13-11(14)21-8-5-6(15(19)20)3-4-7(8)9(16)17/h3-5H,2H2,1H3,(H,12,18)(H,16,17). The highest BCUT2D eigenvalue weighted by molar-refractivity contribution is 7.99. The summed E-state index contributed by atoms with van der Waals surface area (Å²) in [6.45, 7) is 2.07. The van der Waals surface area contributed by atoms with Crippen molar-refractivity contribution in [1.29, 1.82) is 0 Å². The van der Waals surface area contributed by atoms with E-state index in [0.29, 0.717) is 6.54 Å². The van der Waals surface area contributed by atoms with Gasteiger partial charge in [0.05, 0.1) is 10.5 Å². The fourth-order valence-electron chi connectivity index (χ4n) is 1.64. The molecule has 0 atom stereocenters.